The minimum Gasteiger partial charge on any atom is -0.358 e. The Morgan fingerprint density at radius 3 is 2.84 bits per heavy atom. The Bertz CT molecular complexity index is 484. The highest BCUT2D eigenvalue weighted by Gasteiger charge is 2.22. The van der Waals surface area contributed by atoms with Crippen LogP contribution in [0, 0.1) is 6.92 Å². The standard InChI is InChI=1S/C15H19BrClNO/c1-4-11-12(9-10(2)15(17)14(11)16)18(3)13-7-5-6-8-19-13/h4,9,13H,1,5-8H2,2-3H3. The molecule has 2 rings (SSSR count). The van der Waals surface area contributed by atoms with Gasteiger partial charge in [0.25, 0.3) is 0 Å². The number of rotatable bonds is 3. The Hall–Kier alpha value is -0.510. The van der Waals surface area contributed by atoms with Gasteiger partial charge < -0.3 is 9.64 Å². The van der Waals surface area contributed by atoms with Crippen LogP contribution in [-0.2, 0) is 4.74 Å². The largest absolute Gasteiger partial charge is 0.358 e. The quantitative estimate of drug-likeness (QED) is 0.763. The number of nitrogens with zero attached hydrogens (tertiary/aromatic N) is 1. The second-order valence-electron chi connectivity index (χ2n) is 4.89. The van der Waals surface area contributed by atoms with Gasteiger partial charge in [0, 0.05) is 29.4 Å². The van der Waals surface area contributed by atoms with Crippen LogP contribution in [0.4, 0.5) is 5.69 Å². The first kappa shape index (κ1) is 14.9. The maximum absolute atomic E-state index is 6.28. The van der Waals surface area contributed by atoms with Crippen LogP contribution in [0.5, 0.6) is 0 Å². The molecule has 4 heteroatoms. The number of aryl methyl sites for hydroxylation is 1. The summed E-state index contributed by atoms with van der Waals surface area (Å²) < 4.78 is 6.75. The highest BCUT2D eigenvalue weighted by molar-refractivity contribution is 9.10. The monoisotopic (exact) mass is 343 g/mol. The van der Waals surface area contributed by atoms with Gasteiger partial charge in [-0.1, -0.05) is 24.3 Å². The Balaban J connectivity index is 2.40. The van der Waals surface area contributed by atoms with Crippen molar-refractivity contribution in [2.75, 3.05) is 18.6 Å². The lowest BCUT2D eigenvalue weighted by molar-refractivity contribution is 0.0174. The summed E-state index contributed by atoms with van der Waals surface area (Å²) in [7, 11) is 2.07. The van der Waals surface area contributed by atoms with Crippen molar-refractivity contribution in [1.29, 1.82) is 0 Å². The maximum Gasteiger partial charge on any atom is 0.129 e. The molecule has 0 aliphatic carbocycles. The van der Waals surface area contributed by atoms with E-state index in [0.29, 0.717) is 0 Å². The van der Waals surface area contributed by atoms with E-state index in [2.05, 4.69) is 40.5 Å². The van der Waals surface area contributed by atoms with Gasteiger partial charge in [0.1, 0.15) is 6.23 Å². The van der Waals surface area contributed by atoms with Crippen molar-refractivity contribution < 1.29 is 4.74 Å². The number of halogens is 2. The lowest BCUT2D eigenvalue weighted by Crippen LogP contribution is -2.37. The predicted octanol–water partition coefficient (Wildman–Crippen LogP) is 5.02. The Morgan fingerprint density at radius 1 is 1.53 bits per heavy atom. The molecule has 0 saturated carbocycles. The second kappa shape index (κ2) is 6.29. The van der Waals surface area contributed by atoms with Crippen LogP contribution in [0.1, 0.15) is 30.4 Å². The van der Waals surface area contributed by atoms with Crippen LogP contribution in [0.25, 0.3) is 6.08 Å². The van der Waals surface area contributed by atoms with Gasteiger partial charge in [-0.2, -0.15) is 0 Å². The molecule has 1 saturated heterocycles. The molecular weight excluding hydrogens is 326 g/mol. The third-order valence-corrected chi connectivity index (χ3v) is 5.12. The normalized spacial score (nSPS) is 19.3. The summed E-state index contributed by atoms with van der Waals surface area (Å²) in [4.78, 5) is 2.18. The van der Waals surface area contributed by atoms with Crippen molar-refractivity contribution in [3.05, 3.63) is 33.3 Å². The molecule has 0 aromatic heterocycles. The first-order chi connectivity index (χ1) is 9.06. The first-order valence-corrected chi connectivity index (χ1v) is 7.68. The zero-order valence-electron chi connectivity index (χ0n) is 11.4. The smallest absolute Gasteiger partial charge is 0.129 e. The molecule has 0 spiro atoms. The molecule has 1 aromatic rings. The van der Waals surface area contributed by atoms with E-state index in [9.17, 15) is 0 Å². The van der Waals surface area contributed by atoms with Gasteiger partial charge in [0.2, 0.25) is 0 Å². The maximum atomic E-state index is 6.28. The van der Waals surface area contributed by atoms with E-state index in [4.69, 9.17) is 16.3 Å². The highest BCUT2D eigenvalue weighted by Crippen LogP contribution is 2.38. The Morgan fingerprint density at radius 2 is 2.26 bits per heavy atom. The highest BCUT2D eigenvalue weighted by atomic mass is 79.9. The van der Waals surface area contributed by atoms with Gasteiger partial charge in [-0.3, -0.25) is 0 Å². The average molecular weight is 345 g/mol. The van der Waals surface area contributed by atoms with Gasteiger partial charge in [-0.25, -0.2) is 0 Å². The van der Waals surface area contributed by atoms with E-state index >= 15 is 0 Å². The fourth-order valence-corrected chi connectivity index (χ4v) is 3.25. The lowest BCUT2D eigenvalue weighted by Gasteiger charge is -2.34. The second-order valence-corrected chi connectivity index (χ2v) is 6.06. The van der Waals surface area contributed by atoms with Gasteiger partial charge >= 0.3 is 0 Å². The van der Waals surface area contributed by atoms with Crippen molar-refractivity contribution in [2.45, 2.75) is 32.4 Å². The summed E-state index contributed by atoms with van der Waals surface area (Å²) in [6.45, 7) is 6.75. The summed E-state index contributed by atoms with van der Waals surface area (Å²) in [5.41, 5.74) is 3.18. The minimum absolute atomic E-state index is 0.139. The third kappa shape index (κ3) is 2.99. The topological polar surface area (TPSA) is 12.5 Å². The Labute approximate surface area is 128 Å². The molecule has 1 aliphatic rings. The SMILES string of the molecule is C=Cc1c(N(C)C2CCCCO2)cc(C)c(Cl)c1Br. The molecule has 1 aliphatic heterocycles. The van der Waals surface area contributed by atoms with E-state index in [1.807, 2.05) is 13.0 Å². The van der Waals surface area contributed by atoms with E-state index in [0.717, 1.165) is 45.8 Å². The molecule has 1 unspecified atom stereocenters. The van der Waals surface area contributed by atoms with E-state index < -0.39 is 0 Å². The van der Waals surface area contributed by atoms with Crippen LogP contribution in [-0.4, -0.2) is 19.9 Å². The van der Waals surface area contributed by atoms with Gasteiger partial charge in [0.05, 0.1) is 5.02 Å². The molecule has 0 N–H and O–H groups in total. The van der Waals surface area contributed by atoms with Crippen molar-refractivity contribution in [2.24, 2.45) is 0 Å². The zero-order chi connectivity index (χ0) is 14.0. The molecule has 19 heavy (non-hydrogen) atoms. The molecule has 0 radical (unpaired) electrons. The van der Waals surface area contributed by atoms with Gasteiger partial charge in [0.15, 0.2) is 0 Å². The molecular formula is C15H19BrClNO. The van der Waals surface area contributed by atoms with Gasteiger partial charge in [-0.15, -0.1) is 0 Å². The fourth-order valence-electron chi connectivity index (χ4n) is 2.42. The molecule has 1 fully saturated rings. The molecule has 1 aromatic carbocycles. The van der Waals surface area contributed by atoms with E-state index in [1.54, 1.807) is 0 Å². The van der Waals surface area contributed by atoms with E-state index in [1.165, 1.54) is 6.42 Å². The number of ether oxygens (including phenoxy) is 1. The van der Waals surface area contributed by atoms with Crippen molar-refractivity contribution >= 4 is 39.3 Å². The summed E-state index contributed by atoms with van der Waals surface area (Å²) in [5, 5.41) is 0.747. The average Bonchev–Trinajstić information content (AvgIpc) is 2.44. The summed E-state index contributed by atoms with van der Waals surface area (Å²) in [6.07, 6.45) is 5.41. The fraction of sp³-hybridized carbons (Fsp3) is 0.467. The van der Waals surface area contributed by atoms with Crippen LogP contribution >= 0.6 is 27.5 Å². The number of anilines is 1. The molecule has 0 amide bonds. The van der Waals surface area contributed by atoms with Crippen LogP contribution in [0.3, 0.4) is 0 Å². The molecule has 0 bridgehead atoms. The molecule has 1 atom stereocenters. The summed E-state index contributed by atoms with van der Waals surface area (Å²) in [5.74, 6) is 0. The van der Waals surface area contributed by atoms with Crippen LogP contribution in [0.15, 0.2) is 17.1 Å². The van der Waals surface area contributed by atoms with Gasteiger partial charge in [-0.05, 0) is 53.7 Å². The number of benzene rings is 1. The predicted molar refractivity (Wildman–Crippen MR) is 86.0 cm³/mol. The number of hydrogen-bond donors (Lipinski definition) is 0. The molecule has 2 nitrogen and oxygen atoms in total. The van der Waals surface area contributed by atoms with Crippen molar-refractivity contribution in [1.82, 2.24) is 0 Å². The number of hydrogen-bond acceptors (Lipinski definition) is 2. The molecule has 1 heterocycles. The zero-order valence-corrected chi connectivity index (χ0v) is 13.7. The van der Waals surface area contributed by atoms with Crippen LogP contribution < -0.4 is 4.90 Å². The third-order valence-electron chi connectivity index (χ3n) is 3.58. The minimum atomic E-state index is 0.139. The summed E-state index contributed by atoms with van der Waals surface area (Å²) in [6, 6.07) is 2.10. The van der Waals surface area contributed by atoms with Crippen LogP contribution in [0.2, 0.25) is 5.02 Å². The van der Waals surface area contributed by atoms with Crippen molar-refractivity contribution in [3.63, 3.8) is 0 Å². The van der Waals surface area contributed by atoms with Crippen molar-refractivity contribution in [3.8, 4) is 0 Å². The van der Waals surface area contributed by atoms with E-state index in [-0.39, 0.29) is 6.23 Å². The Kier molecular flexibility index (Phi) is 4.93. The summed E-state index contributed by atoms with van der Waals surface area (Å²) >= 11 is 9.84. The lowest BCUT2D eigenvalue weighted by atomic mass is 10.1. The molecule has 104 valence electrons. The first-order valence-electron chi connectivity index (χ1n) is 6.51.